The molecule has 0 bridgehead atoms. The van der Waals surface area contributed by atoms with Crippen LogP contribution in [0.25, 0.3) is 0 Å². The topological polar surface area (TPSA) is 70.1 Å². The summed E-state index contributed by atoms with van der Waals surface area (Å²) in [7, 11) is 1.63. The molecule has 3 atom stereocenters. The predicted octanol–water partition coefficient (Wildman–Crippen LogP) is 2.62. The van der Waals surface area contributed by atoms with E-state index < -0.39 is 0 Å². The number of para-hydroxylation sites is 1. The lowest BCUT2D eigenvalue weighted by atomic mass is 9.89. The Bertz CT molecular complexity index is 911. The summed E-state index contributed by atoms with van der Waals surface area (Å²) in [6, 6.07) is 14.8. The molecule has 2 amide bonds. The van der Waals surface area contributed by atoms with Crippen molar-refractivity contribution < 1.29 is 19.4 Å². The molecule has 0 aliphatic carbocycles. The lowest BCUT2D eigenvalue weighted by Gasteiger charge is -2.29. The van der Waals surface area contributed by atoms with Crippen LogP contribution in [0.3, 0.4) is 0 Å². The van der Waals surface area contributed by atoms with Gasteiger partial charge < -0.3 is 19.6 Å². The molecule has 6 nitrogen and oxygen atoms in total. The molecule has 29 heavy (non-hydrogen) atoms. The van der Waals surface area contributed by atoms with Crippen LogP contribution >= 0.6 is 0 Å². The second-order valence-electron chi connectivity index (χ2n) is 7.92. The van der Waals surface area contributed by atoms with Crippen LogP contribution in [0.1, 0.15) is 24.1 Å². The van der Waals surface area contributed by atoms with E-state index in [2.05, 4.69) is 0 Å². The number of methoxy groups -OCH3 is 1. The number of amides is 2. The number of hydrogen-bond acceptors (Lipinski definition) is 4. The molecule has 1 N–H and O–H groups in total. The zero-order valence-electron chi connectivity index (χ0n) is 16.7. The average molecular weight is 394 g/mol. The van der Waals surface area contributed by atoms with Gasteiger partial charge in [-0.05, 0) is 23.8 Å². The lowest BCUT2D eigenvalue weighted by molar-refractivity contribution is -0.131. The Kier molecular flexibility index (Phi) is 5.18. The molecule has 0 unspecified atom stereocenters. The number of rotatable bonds is 4. The van der Waals surface area contributed by atoms with Crippen molar-refractivity contribution in [3.8, 4) is 11.5 Å². The molecule has 0 spiro atoms. The third-order valence-corrected chi connectivity index (χ3v) is 6.21. The summed E-state index contributed by atoms with van der Waals surface area (Å²) in [6.45, 7) is 3.54. The number of fused-ring (bicyclic) bond motifs is 1. The van der Waals surface area contributed by atoms with E-state index in [1.807, 2.05) is 40.1 Å². The first-order valence-corrected chi connectivity index (χ1v) is 9.93. The largest absolute Gasteiger partial charge is 0.508 e. The molecule has 0 radical (unpaired) electrons. The van der Waals surface area contributed by atoms with Crippen molar-refractivity contribution in [1.29, 1.82) is 0 Å². The summed E-state index contributed by atoms with van der Waals surface area (Å²) < 4.78 is 5.25. The van der Waals surface area contributed by atoms with Crippen LogP contribution in [0.4, 0.5) is 0 Å². The third kappa shape index (κ3) is 3.67. The van der Waals surface area contributed by atoms with E-state index in [0.29, 0.717) is 25.2 Å². The average Bonchev–Trinajstić information content (AvgIpc) is 3.28. The summed E-state index contributed by atoms with van der Waals surface area (Å²) in [5.74, 6) is 1.48. The van der Waals surface area contributed by atoms with E-state index in [1.54, 1.807) is 32.2 Å². The first kappa shape index (κ1) is 19.3. The standard InChI is InChI=1S/C23H26N2O4/c1-15(26)25-13-18-12-24(22(28)11-17-5-3-4-6-21(17)27)14-20(18)23(25)16-7-9-19(29-2)10-8-16/h3-10,18,20,23,27H,11-14H2,1-2H3/t18-,20-,23+/m1/s1. The molecule has 4 rings (SSSR count). The number of ether oxygens (including phenoxy) is 1. The van der Waals surface area contributed by atoms with Gasteiger partial charge in [0, 0.05) is 44.0 Å². The predicted molar refractivity (Wildman–Crippen MR) is 108 cm³/mol. The van der Waals surface area contributed by atoms with E-state index in [9.17, 15) is 14.7 Å². The van der Waals surface area contributed by atoms with Crippen molar-refractivity contribution in [2.75, 3.05) is 26.7 Å². The molecular formula is C23H26N2O4. The monoisotopic (exact) mass is 394 g/mol. The number of likely N-dealkylation sites (tertiary alicyclic amines) is 2. The van der Waals surface area contributed by atoms with Gasteiger partial charge in [-0.1, -0.05) is 30.3 Å². The van der Waals surface area contributed by atoms with Crippen LogP contribution in [0.2, 0.25) is 0 Å². The molecule has 152 valence electrons. The number of benzene rings is 2. The van der Waals surface area contributed by atoms with Gasteiger partial charge >= 0.3 is 0 Å². The number of carbonyl (C=O) groups excluding carboxylic acids is 2. The number of nitrogens with zero attached hydrogens (tertiary/aromatic N) is 2. The van der Waals surface area contributed by atoms with Gasteiger partial charge in [-0.15, -0.1) is 0 Å². The van der Waals surface area contributed by atoms with Crippen LogP contribution in [-0.4, -0.2) is 53.5 Å². The van der Waals surface area contributed by atoms with Crippen molar-refractivity contribution in [3.63, 3.8) is 0 Å². The van der Waals surface area contributed by atoms with Crippen LogP contribution in [0.15, 0.2) is 48.5 Å². The zero-order chi connectivity index (χ0) is 20.5. The van der Waals surface area contributed by atoms with Gasteiger partial charge in [-0.2, -0.15) is 0 Å². The number of phenols is 1. The second kappa shape index (κ2) is 7.78. The highest BCUT2D eigenvalue weighted by Gasteiger charge is 2.49. The Hall–Kier alpha value is -3.02. The smallest absolute Gasteiger partial charge is 0.227 e. The molecule has 0 saturated carbocycles. The summed E-state index contributed by atoms with van der Waals surface area (Å²) in [6.07, 6.45) is 0.190. The van der Waals surface area contributed by atoms with Gasteiger partial charge in [0.05, 0.1) is 19.6 Å². The Morgan fingerprint density at radius 3 is 2.45 bits per heavy atom. The van der Waals surface area contributed by atoms with Crippen molar-refractivity contribution in [2.45, 2.75) is 19.4 Å². The summed E-state index contributed by atoms with van der Waals surface area (Å²) in [5, 5.41) is 9.97. The maximum Gasteiger partial charge on any atom is 0.227 e. The van der Waals surface area contributed by atoms with Crippen LogP contribution in [0, 0.1) is 11.8 Å². The molecule has 6 heteroatoms. The highest BCUT2D eigenvalue weighted by molar-refractivity contribution is 5.80. The van der Waals surface area contributed by atoms with Gasteiger partial charge in [0.2, 0.25) is 11.8 Å². The number of hydrogen-bond donors (Lipinski definition) is 1. The van der Waals surface area contributed by atoms with E-state index in [4.69, 9.17) is 4.74 Å². The maximum atomic E-state index is 12.9. The van der Waals surface area contributed by atoms with Crippen LogP contribution in [-0.2, 0) is 16.0 Å². The fourth-order valence-electron chi connectivity index (χ4n) is 4.74. The third-order valence-electron chi connectivity index (χ3n) is 6.21. The lowest BCUT2D eigenvalue weighted by Crippen LogP contribution is -2.37. The molecule has 2 aliphatic rings. The van der Waals surface area contributed by atoms with Gasteiger partial charge in [0.1, 0.15) is 11.5 Å². The van der Waals surface area contributed by atoms with Crippen molar-refractivity contribution in [3.05, 3.63) is 59.7 Å². The van der Waals surface area contributed by atoms with Gasteiger partial charge in [0.25, 0.3) is 0 Å². The zero-order valence-corrected chi connectivity index (χ0v) is 16.7. The first-order chi connectivity index (χ1) is 14.0. The van der Waals surface area contributed by atoms with Crippen molar-refractivity contribution in [2.24, 2.45) is 11.8 Å². The van der Waals surface area contributed by atoms with E-state index in [-0.39, 0.29) is 41.9 Å². The minimum atomic E-state index is -0.0358. The van der Waals surface area contributed by atoms with Crippen molar-refractivity contribution in [1.82, 2.24) is 9.80 Å². The Labute approximate surface area is 170 Å². The molecule has 2 aromatic carbocycles. The molecular weight excluding hydrogens is 368 g/mol. The van der Waals surface area contributed by atoms with Crippen LogP contribution in [0.5, 0.6) is 11.5 Å². The minimum absolute atomic E-state index is 0.0174. The summed E-state index contributed by atoms with van der Waals surface area (Å²) in [5.41, 5.74) is 1.72. The molecule has 2 fully saturated rings. The quantitative estimate of drug-likeness (QED) is 0.866. The van der Waals surface area contributed by atoms with E-state index in [1.165, 1.54) is 0 Å². The van der Waals surface area contributed by atoms with E-state index >= 15 is 0 Å². The highest BCUT2D eigenvalue weighted by Crippen LogP contribution is 2.45. The molecule has 2 saturated heterocycles. The Balaban J connectivity index is 1.52. The van der Waals surface area contributed by atoms with Gasteiger partial charge in [-0.25, -0.2) is 0 Å². The van der Waals surface area contributed by atoms with Crippen molar-refractivity contribution >= 4 is 11.8 Å². The maximum absolute atomic E-state index is 12.9. The second-order valence-corrected chi connectivity index (χ2v) is 7.92. The summed E-state index contributed by atoms with van der Waals surface area (Å²) in [4.78, 5) is 28.9. The Morgan fingerprint density at radius 1 is 1.07 bits per heavy atom. The molecule has 2 heterocycles. The molecule has 0 aromatic heterocycles. The molecule has 2 aromatic rings. The van der Waals surface area contributed by atoms with Crippen LogP contribution < -0.4 is 4.74 Å². The van der Waals surface area contributed by atoms with Gasteiger partial charge in [0.15, 0.2) is 0 Å². The highest BCUT2D eigenvalue weighted by atomic mass is 16.5. The fourth-order valence-corrected chi connectivity index (χ4v) is 4.74. The first-order valence-electron chi connectivity index (χ1n) is 9.93. The van der Waals surface area contributed by atoms with E-state index in [0.717, 1.165) is 11.3 Å². The number of phenolic OH excluding ortho intramolecular Hbond substituents is 1. The Morgan fingerprint density at radius 2 is 1.79 bits per heavy atom. The molecule has 2 aliphatic heterocycles. The number of aromatic hydroxyl groups is 1. The number of carbonyl (C=O) groups is 2. The fraction of sp³-hybridized carbons (Fsp3) is 0.391. The minimum Gasteiger partial charge on any atom is -0.508 e. The SMILES string of the molecule is COc1ccc([C@H]2[C@@H]3CN(C(=O)Cc4ccccc4O)C[C@@H]3CN2C(C)=O)cc1. The summed E-state index contributed by atoms with van der Waals surface area (Å²) >= 11 is 0. The normalized spacial score (nSPS) is 23.2. The van der Waals surface area contributed by atoms with Gasteiger partial charge in [-0.3, -0.25) is 9.59 Å².